The van der Waals surface area contributed by atoms with E-state index < -0.39 is 17.4 Å². The van der Waals surface area contributed by atoms with Crippen molar-refractivity contribution in [1.29, 1.82) is 0 Å². The fraction of sp³-hybridized carbons (Fsp3) is 0.455. The third kappa shape index (κ3) is 4.18. The first-order valence-corrected chi connectivity index (χ1v) is 5.13. The number of aryl methyl sites for hydroxylation is 1. The maximum Gasteiger partial charge on any atom is 0.305 e. The van der Waals surface area contributed by atoms with Gasteiger partial charge in [0.1, 0.15) is 12.0 Å². The zero-order valence-electron chi connectivity index (χ0n) is 10.0. The van der Waals surface area contributed by atoms with Gasteiger partial charge in [0.05, 0.1) is 6.42 Å². The first-order valence-electron chi connectivity index (χ1n) is 5.13. The number of carbonyl (C=O) groups excluding carboxylic acids is 1. The number of nitrogens with zero attached hydrogens (tertiary/aromatic N) is 2. The lowest BCUT2D eigenvalue weighted by Crippen LogP contribution is -2.45. The zero-order valence-corrected chi connectivity index (χ0v) is 10.0. The lowest BCUT2D eigenvalue weighted by Gasteiger charge is -2.23. The molecule has 6 heteroatoms. The number of rotatable bonds is 4. The SMILES string of the molecule is Cc1cc(C(=O)NC(C)(C)CC(=O)O)ncn1. The number of carboxylic acids is 1. The van der Waals surface area contributed by atoms with E-state index in [-0.39, 0.29) is 12.1 Å². The van der Waals surface area contributed by atoms with E-state index in [1.165, 1.54) is 6.33 Å². The lowest BCUT2D eigenvalue weighted by atomic mass is 10.0. The fourth-order valence-corrected chi connectivity index (χ4v) is 1.37. The Hall–Kier alpha value is -1.98. The standard InChI is InChI=1S/C11H15N3O3/c1-7-4-8(13-6-12-7)10(17)14-11(2,3)5-9(15)16/h4,6H,5H2,1-3H3,(H,14,17)(H,15,16). The highest BCUT2D eigenvalue weighted by Crippen LogP contribution is 2.09. The van der Waals surface area contributed by atoms with Crippen molar-refractivity contribution in [2.75, 3.05) is 0 Å². The van der Waals surface area contributed by atoms with Gasteiger partial charge in [-0.1, -0.05) is 0 Å². The molecule has 0 radical (unpaired) electrons. The molecule has 1 amide bonds. The molecule has 1 rings (SSSR count). The van der Waals surface area contributed by atoms with Gasteiger partial charge in [0, 0.05) is 11.2 Å². The summed E-state index contributed by atoms with van der Waals surface area (Å²) >= 11 is 0. The summed E-state index contributed by atoms with van der Waals surface area (Å²) < 4.78 is 0. The molecular weight excluding hydrogens is 222 g/mol. The van der Waals surface area contributed by atoms with Crippen LogP contribution in [0.5, 0.6) is 0 Å². The second-order valence-corrected chi connectivity index (χ2v) is 4.45. The highest BCUT2D eigenvalue weighted by atomic mass is 16.4. The van der Waals surface area contributed by atoms with Crippen LogP contribution in [0.4, 0.5) is 0 Å². The van der Waals surface area contributed by atoms with Crippen LogP contribution in [0, 0.1) is 6.92 Å². The monoisotopic (exact) mass is 237 g/mol. The van der Waals surface area contributed by atoms with Gasteiger partial charge in [-0.25, -0.2) is 9.97 Å². The minimum absolute atomic E-state index is 0.150. The van der Waals surface area contributed by atoms with Crippen LogP contribution in [0.15, 0.2) is 12.4 Å². The average molecular weight is 237 g/mol. The number of carbonyl (C=O) groups is 2. The van der Waals surface area contributed by atoms with E-state index >= 15 is 0 Å². The number of amides is 1. The Kier molecular flexibility index (Phi) is 3.77. The molecule has 92 valence electrons. The Morgan fingerprint density at radius 3 is 2.59 bits per heavy atom. The van der Waals surface area contributed by atoms with Crippen LogP contribution in [-0.4, -0.2) is 32.5 Å². The van der Waals surface area contributed by atoms with Crippen molar-refractivity contribution in [3.8, 4) is 0 Å². The van der Waals surface area contributed by atoms with Crippen molar-refractivity contribution in [3.63, 3.8) is 0 Å². The van der Waals surface area contributed by atoms with Gasteiger partial charge in [-0.3, -0.25) is 9.59 Å². The number of aromatic nitrogens is 2. The molecule has 0 aromatic carbocycles. The molecule has 0 atom stereocenters. The average Bonchev–Trinajstić information content (AvgIpc) is 2.14. The van der Waals surface area contributed by atoms with Crippen LogP contribution in [-0.2, 0) is 4.79 Å². The Morgan fingerprint density at radius 2 is 2.06 bits per heavy atom. The molecule has 1 aromatic heterocycles. The predicted molar refractivity (Wildman–Crippen MR) is 60.6 cm³/mol. The van der Waals surface area contributed by atoms with Gasteiger partial charge in [0.2, 0.25) is 0 Å². The van der Waals surface area contributed by atoms with Crippen molar-refractivity contribution < 1.29 is 14.7 Å². The van der Waals surface area contributed by atoms with E-state index in [9.17, 15) is 9.59 Å². The predicted octanol–water partition coefficient (Wildman–Crippen LogP) is 0.768. The third-order valence-corrected chi connectivity index (χ3v) is 2.08. The molecule has 0 aliphatic heterocycles. The largest absolute Gasteiger partial charge is 0.481 e. The van der Waals surface area contributed by atoms with E-state index in [2.05, 4.69) is 15.3 Å². The molecular formula is C11H15N3O3. The Bertz CT molecular complexity index is 443. The first kappa shape index (κ1) is 13.1. The highest BCUT2D eigenvalue weighted by Gasteiger charge is 2.24. The molecule has 0 bridgehead atoms. The van der Waals surface area contributed by atoms with E-state index in [1.807, 2.05) is 0 Å². The molecule has 1 heterocycles. The summed E-state index contributed by atoms with van der Waals surface area (Å²) in [5.41, 5.74) is 0.0963. The molecule has 0 saturated carbocycles. The molecule has 6 nitrogen and oxygen atoms in total. The summed E-state index contributed by atoms with van der Waals surface area (Å²) in [5.74, 6) is -1.36. The topological polar surface area (TPSA) is 92.2 Å². The van der Waals surface area contributed by atoms with Crippen molar-refractivity contribution in [3.05, 3.63) is 23.8 Å². The van der Waals surface area contributed by atoms with Crippen LogP contribution < -0.4 is 5.32 Å². The van der Waals surface area contributed by atoms with Crippen molar-refractivity contribution >= 4 is 11.9 Å². The van der Waals surface area contributed by atoms with Crippen LogP contribution in [0.3, 0.4) is 0 Å². The third-order valence-electron chi connectivity index (χ3n) is 2.08. The second kappa shape index (κ2) is 4.90. The van der Waals surface area contributed by atoms with Gasteiger partial charge < -0.3 is 10.4 Å². The van der Waals surface area contributed by atoms with Gasteiger partial charge in [-0.15, -0.1) is 0 Å². The van der Waals surface area contributed by atoms with Crippen LogP contribution in [0.25, 0.3) is 0 Å². The molecule has 0 fully saturated rings. The summed E-state index contributed by atoms with van der Waals surface area (Å²) in [4.78, 5) is 30.1. The van der Waals surface area contributed by atoms with Gasteiger partial charge in [-0.2, -0.15) is 0 Å². The smallest absolute Gasteiger partial charge is 0.305 e. The molecule has 0 spiro atoms. The van der Waals surface area contributed by atoms with Crippen LogP contribution in [0.1, 0.15) is 36.5 Å². The Labute approximate surface area is 99.1 Å². The minimum Gasteiger partial charge on any atom is -0.481 e. The summed E-state index contributed by atoms with van der Waals surface area (Å²) in [5, 5.41) is 11.3. The summed E-state index contributed by atoms with van der Waals surface area (Å²) in [6.45, 7) is 5.04. The van der Waals surface area contributed by atoms with Crippen LogP contribution >= 0.6 is 0 Å². The first-order chi connectivity index (χ1) is 7.80. The number of hydrogen-bond acceptors (Lipinski definition) is 4. The second-order valence-electron chi connectivity index (χ2n) is 4.45. The molecule has 0 saturated heterocycles. The minimum atomic E-state index is -0.964. The number of nitrogens with one attached hydrogen (secondary N) is 1. The molecule has 0 unspecified atom stereocenters. The molecule has 17 heavy (non-hydrogen) atoms. The Balaban J connectivity index is 2.75. The van der Waals surface area contributed by atoms with Crippen molar-refractivity contribution in [2.45, 2.75) is 32.7 Å². The zero-order chi connectivity index (χ0) is 13.1. The van der Waals surface area contributed by atoms with E-state index in [4.69, 9.17) is 5.11 Å². The van der Waals surface area contributed by atoms with E-state index in [0.717, 1.165) is 0 Å². The van der Waals surface area contributed by atoms with Crippen molar-refractivity contribution in [1.82, 2.24) is 15.3 Å². The van der Waals surface area contributed by atoms with Gasteiger partial charge in [0.15, 0.2) is 0 Å². The van der Waals surface area contributed by atoms with Crippen molar-refractivity contribution in [2.24, 2.45) is 0 Å². The maximum atomic E-state index is 11.8. The normalized spacial score (nSPS) is 11.0. The summed E-state index contributed by atoms with van der Waals surface area (Å²) in [6, 6.07) is 1.55. The lowest BCUT2D eigenvalue weighted by molar-refractivity contribution is -0.138. The summed E-state index contributed by atoms with van der Waals surface area (Å²) in [6.07, 6.45) is 1.15. The van der Waals surface area contributed by atoms with Gasteiger partial charge in [0.25, 0.3) is 5.91 Å². The highest BCUT2D eigenvalue weighted by molar-refractivity contribution is 5.93. The maximum absolute atomic E-state index is 11.8. The fourth-order valence-electron chi connectivity index (χ4n) is 1.37. The molecule has 0 aliphatic carbocycles. The molecule has 2 N–H and O–H groups in total. The van der Waals surface area contributed by atoms with E-state index in [0.29, 0.717) is 5.69 Å². The molecule has 0 aliphatic rings. The van der Waals surface area contributed by atoms with Gasteiger partial charge >= 0.3 is 5.97 Å². The van der Waals surface area contributed by atoms with Gasteiger partial charge in [-0.05, 0) is 26.8 Å². The number of hydrogen-bond donors (Lipinski definition) is 2. The number of aliphatic carboxylic acids is 1. The quantitative estimate of drug-likeness (QED) is 0.806. The van der Waals surface area contributed by atoms with Crippen LogP contribution in [0.2, 0.25) is 0 Å². The number of carboxylic acid groups (broad SMARTS) is 1. The Morgan fingerprint density at radius 1 is 1.41 bits per heavy atom. The van der Waals surface area contributed by atoms with E-state index in [1.54, 1.807) is 26.8 Å². The molecule has 1 aromatic rings. The summed E-state index contributed by atoms with van der Waals surface area (Å²) in [7, 11) is 0.